The van der Waals surface area contributed by atoms with Gasteiger partial charge in [0.15, 0.2) is 0 Å². The fourth-order valence-electron chi connectivity index (χ4n) is 1.21. The number of nitrogens with two attached hydrogens (primary N) is 2. The first-order chi connectivity index (χ1) is 3.80. The molecule has 0 amide bonds. The first kappa shape index (κ1) is 53.2. The van der Waals surface area contributed by atoms with Crippen molar-refractivity contribution in [2.45, 2.75) is 31.7 Å². The fraction of sp³-hybridized carbons (Fsp3) is 0.545. The summed E-state index contributed by atoms with van der Waals surface area (Å²) in [5.74, 6) is 0.420. The van der Waals surface area contributed by atoms with Gasteiger partial charge in [-0.1, -0.05) is 25.7 Å². The summed E-state index contributed by atoms with van der Waals surface area (Å²) in [5.41, 5.74) is 7.42. The summed E-state index contributed by atoms with van der Waals surface area (Å²) in [6.07, 6.45) is 4.80. The Morgan fingerprint density at radius 2 is 1.12 bits per heavy atom. The quantitative estimate of drug-likeness (QED) is 0.325. The maximum absolute atomic E-state index is 7.42. The Hall–Kier alpha value is 1.26. The van der Waals surface area contributed by atoms with Crippen LogP contribution in [0.2, 0.25) is 0 Å². The second-order valence-electron chi connectivity index (χ2n) is 2.65. The Morgan fingerprint density at radius 3 is 1.31 bits per heavy atom. The SMILES string of the molecule is [CH2-]C1CCCCC1[NH-].[CH3-].[CH3-].[CH3-].[CH3-].[NH2-].[NH2-].[Pt+4].[Pt+4]. The van der Waals surface area contributed by atoms with E-state index in [-0.39, 0.29) is 90.2 Å². The van der Waals surface area contributed by atoms with Crippen LogP contribution in [-0.2, 0) is 42.1 Å². The Kier molecular flexibility index (Phi) is 99.3. The van der Waals surface area contributed by atoms with Crippen LogP contribution >= 0.6 is 0 Å². The van der Waals surface area contributed by atoms with Gasteiger partial charge in [-0.3, -0.25) is 0 Å². The third kappa shape index (κ3) is 20.6. The molecular weight excluding hydrogens is 564 g/mol. The van der Waals surface area contributed by atoms with E-state index >= 15 is 0 Å². The van der Waals surface area contributed by atoms with Crippen LogP contribution in [0.5, 0.6) is 0 Å². The fourth-order valence-corrected chi connectivity index (χ4v) is 1.21. The molecule has 16 heavy (non-hydrogen) atoms. The molecule has 1 aliphatic rings. The largest absolute Gasteiger partial charge is 4.00 e. The molecule has 0 spiro atoms. The van der Waals surface area contributed by atoms with Crippen molar-refractivity contribution in [3.8, 4) is 0 Å². The first-order valence-electron chi connectivity index (χ1n) is 3.35. The normalized spacial score (nSPS) is 19.9. The molecule has 0 aliphatic heterocycles. The zero-order chi connectivity index (χ0) is 5.98. The number of rotatable bonds is 0. The summed E-state index contributed by atoms with van der Waals surface area (Å²) < 4.78 is 0. The van der Waals surface area contributed by atoms with Crippen molar-refractivity contribution in [2.75, 3.05) is 0 Å². The molecule has 0 aromatic rings. The zero-order valence-electron chi connectivity index (χ0n) is 11.0. The molecule has 5 N–H and O–H groups in total. The van der Waals surface area contributed by atoms with E-state index in [4.69, 9.17) is 5.73 Å². The van der Waals surface area contributed by atoms with Gasteiger partial charge in [-0.05, 0) is 0 Å². The molecule has 0 aromatic carbocycles. The standard InChI is InChI=1S/C7H13N.4CH3.2H2N.2Pt/c1-6-4-2-3-5-7(6)8;;;;;;;;/h6-8H,1-5H2;4*1H3;2*1H2;;/q-2;6*-1;2*+4. The van der Waals surface area contributed by atoms with Gasteiger partial charge in [0, 0.05) is 0 Å². The van der Waals surface area contributed by atoms with Gasteiger partial charge in [0.05, 0.1) is 0 Å². The van der Waals surface area contributed by atoms with Gasteiger partial charge in [0.25, 0.3) is 0 Å². The van der Waals surface area contributed by atoms with Gasteiger partial charge in [0.1, 0.15) is 0 Å². The molecule has 108 valence electrons. The van der Waals surface area contributed by atoms with Crippen LogP contribution in [0, 0.1) is 42.5 Å². The van der Waals surface area contributed by atoms with E-state index in [9.17, 15) is 0 Å². The molecule has 1 aliphatic carbocycles. The minimum absolute atomic E-state index is 0. The zero-order valence-corrected chi connectivity index (χ0v) is 15.5. The van der Waals surface area contributed by atoms with Gasteiger partial charge in [0.2, 0.25) is 0 Å². The van der Waals surface area contributed by atoms with Crippen LogP contribution in [0.15, 0.2) is 0 Å². The summed E-state index contributed by atoms with van der Waals surface area (Å²) in [7, 11) is 0. The van der Waals surface area contributed by atoms with Gasteiger partial charge in [-0.15, -0.1) is 0 Å². The van der Waals surface area contributed by atoms with Crippen LogP contribution in [-0.4, -0.2) is 6.04 Å². The molecule has 0 radical (unpaired) electrons. The van der Waals surface area contributed by atoms with Gasteiger partial charge < -0.3 is 54.7 Å². The molecule has 1 rings (SSSR count). The van der Waals surface area contributed by atoms with Crippen molar-refractivity contribution in [3.05, 3.63) is 54.7 Å². The van der Waals surface area contributed by atoms with E-state index in [1.54, 1.807) is 0 Å². The molecule has 0 aromatic heterocycles. The van der Waals surface area contributed by atoms with Gasteiger partial charge in [-0.2, -0.15) is 12.0 Å². The van der Waals surface area contributed by atoms with Crippen molar-refractivity contribution < 1.29 is 42.1 Å². The van der Waals surface area contributed by atoms with E-state index in [0.717, 1.165) is 6.42 Å². The molecule has 3 nitrogen and oxygen atoms in total. The number of hydrogen-bond donors (Lipinski definition) is 0. The molecular formula is C11H29N3Pt2. The molecule has 1 fully saturated rings. The minimum Gasteiger partial charge on any atom is -0.693 e. The summed E-state index contributed by atoms with van der Waals surface area (Å²) >= 11 is 0. The Balaban J connectivity index is -0.0000000133. The van der Waals surface area contributed by atoms with Crippen LogP contribution in [0.25, 0.3) is 18.0 Å². The summed E-state index contributed by atoms with van der Waals surface area (Å²) in [5, 5.41) is 0. The maximum Gasteiger partial charge on any atom is 4.00 e. The first-order valence-corrected chi connectivity index (χ1v) is 3.35. The predicted octanol–water partition coefficient (Wildman–Crippen LogP) is 5.66. The Bertz CT molecular complexity index is 75.6. The van der Waals surface area contributed by atoms with Crippen molar-refractivity contribution in [3.63, 3.8) is 0 Å². The van der Waals surface area contributed by atoms with Crippen LogP contribution < -0.4 is 0 Å². The van der Waals surface area contributed by atoms with Gasteiger partial charge >= 0.3 is 42.1 Å². The second kappa shape index (κ2) is 29.9. The molecule has 0 saturated heterocycles. The van der Waals surface area contributed by atoms with Gasteiger partial charge in [-0.25, -0.2) is 0 Å². The summed E-state index contributed by atoms with van der Waals surface area (Å²) in [4.78, 5) is 0. The molecule has 1 saturated carbocycles. The molecule has 5 heteroatoms. The van der Waals surface area contributed by atoms with E-state index < -0.39 is 0 Å². The number of hydrogen-bond acceptors (Lipinski definition) is 0. The van der Waals surface area contributed by atoms with Crippen LogP contribution in [0.1, 0.15) is 25.7 Å². The second-order valence-corrected chi connectivity index (χ2v) is 2.65. The average molecular weight is 594 g/mol. The summed E-state index contributed by atoms with van der Waals surface area (Å²) in [6.45, 7) is 3.89. The van der Waals surface area contributed by atoms with E-state index in [1.165, 1.54) is 19.3 Å². The molecule has 2 atom stereocenters. The Labute approximate surface area is 134 Å². The van der Waals surface area contributed by atoms with Crippen molar-refractivity contribution in [2.24, 2.45) is 5.92 Å². The molecule has 0 bridgehead atoms. The van der Waals surface area contributed by atoms with Crippen molar-refractivity contribution >= 4 is 0 Å². The third-order valence-corrected chi connectivity index (χ3v) is 1.91. The molecule has 0 heterocycles. The average Bonchev–Trinajstić information content (AvgIpc) is 1.77. The predicted molar refractivity (Wildman–Crippen MR) is 71.6 cm³/mol. The maximum atomic E-state index is 7.42. The van der Waals surface area contributed by atoms with E-state index in [0.29, 0.717) is 5.92 Å². The smallest absolute Gasteiger partial charge is 0.693 e. The number of nitrogens with one attached hydrogen (secondary N) is 1. The van der Waals surface area contributed by atoms with Crippen LogP contribution in [0.4, 0.5) is 0 Å². The Morgan fingerprint density at radius 1 is 0.812 bits per heavy atom. The minimum atomic E-state index is 0. The topological polar surface area (TPSA) is 90.8 Å². The third-order valence-electron chi connectivity index (χ3n) is 1.91. The molecule has 2 unspecified atom stereocenters. The van der Waals surface area contributed by atoms with E-state index in [1.807, 2.05) is 0 Å². The van der Waals surface area contributed by atoms with Crippen molar-refractivity contribution in [1.29, 1.82) is 0 Å². The van der Waals surface area contributed by atoms with Crippen LogP contribution in [0.3, 0.4) is 0 Å². The van der Waals surface area contributed by atoms with E-state index in [2.05, 4.69) is 6.92 Å². The van der Waals surface area contributed by atoms with Crippen molar-refractivity contribution in [1.82, 2.24) is 0 Å². The monoisotopic (exact) mass is 593 g/mol. The summed E-state index contributed by atoms with van der Waals surface area (Å²) in [6, 6.07) is 0.142.